The molecule has 21 heavy (non-hydrogen) atoms. The highest BCUT2D eigenvalue weighted by atomic mass is 19.1. The molecule has 1 saturated heterocycles. The van der Waals surface area contributed by atoms with Gasteiger partial charge in [0.25, 0.3) is 5.91 Å². The predicted octanol–water partition coefficient (Wildman–Crippen LogP) is 2.68. The van der Waals surface area contributed by atoms with Crippen LogP contribution < -0.4 is 0 Å². The molecule has 6 heteroatoms. The molecule has 0 radical (unpaired) electrons. The molecule has 4 nitrogen and oxygen atoms in total. The number of carbonyl (C=O) groups excluding carboxylic acids is 1. The van der Waals surface area contributed by atoms with Crippen molar-refractivity contribution >= 4 is 11.9 Å². The summed E-state index contributed by atoms with van der Waals surface area (Å²) >= 11 is 0. The molecule has 0 aromatic heterocycles. The molecule has 1 aromatic rings. The molecule has 1 N–H and O–H groups in total. The second-order valence-corrected chi connectivity index (χ2v) is 5.32. The minimum Gasteiger partial charge on any atom is -0.481 e. The van der Waals surface area contributed by atoms with E-state index in [1.165, 1.54) is 4.90 Å². The van der Waals surface area contributed by atoms with E-state index in [0.717, 1.165) is 31.0 Å². The molecule has 0 unspecified atom stereocenters. The van der Waals surface area contributed by atoms with E-state index >= 15 is 0 Å². The van der Waals surface area contributed by atoms with E-state index in [2.05, 4.69) is 0 Å². The Labute approximate surface area is 121 Å². The summed E-state index contributed by atoms with van der Waals surface area (Å²) in [6.45, 7) is 0.875. The zero-order valence-corrected chi connectivity index (χ0v) is 11.5. The third-order valence-corrected chi connectivity index (χ3v) is 3.73. The van der Waals surface area contributed by atoms with Gasteiger partial charge in [-0.1, -0.05) is 0 Å². The molecule has 1 aliphatic rings. The minimum atomic E-state index is -0.866. The first kappa shape index (κ1) is 15.4. The molecule has 1 heterocycles. The number of amides is 1. The highest BCUT2D eigenvalue weighted by Gasteiger charge is 2.26. The van der Waals surface area contributed by atoms with Gasteiger partial charge >= 0.3 is 5.97 Å². The quantitative estimate of drug-likeness (QED) is 0.929. The first-order valence-corrected chi connectivity index (χ1v) is 6.93. The van der Waals surface area contributed by atoms with Gasteiger partial charge in [-0.2, -0.15) is 0 Å². The Bertz CT molecular complexity index is 548. The van der Waals surface area contributed by atoms with Crippen molar-refractivity contribution in [3.05, 3.63) is 35.4 Å². The molecule has 0 spiro atoms. The lowest BCUT2D eigenvalue weighted by molar-refractivity contribution is -0.137. The smallest absolute Gasteiger partial charge is 0.303 e. The Kier molecular flexibility index (Phi) is 4.88. The lowest BCUT2D eigenvalue weighted by Crippen LogP contribution is -2.40. The van der Waals surface area contributed by atoms with Crippen molar-refractivity contribution in [2.75, 3.05) is 13.1 Å². The van der Waals surface area contributed by atoms with Crippen LogP contribution in [0.15, 0.2) is 18.2 Å². The summed E-state index contributed by atoms with van der Waals surface area (Å²) in [4.78, 5) is 24.3. The molecule has 2 rings (SSSR count). The fourth-order valence-electron chi connectivity index (χ4n) is 2.64. The van der Waals surface area contributed by atoms with Crippen LogP contribution in [0.3, 0.4) is 0 Å². The molecule has 1 aromatic carbocycles. The molecular weight excluding hydrogens is 280 g/mol. The molecule has 1 fully saturated rings. The maximum Gasteiger partial charge on any atom is 0.303 e. The summed E-state index contributed by atoms with van der Waals surface area (Å²) in [5.41, 5.74) is -0.270. The zero-order valence-electron chi connectivity index (χ0n) is 11.5. The van der Waals surface area contributed by atoms with Crippen molar-refractivity contribution in [3.8, 4) is 0 Å². The van der Waals surface area contributed by atoms with Crippen molar-refractivity contribution in [1.82, 2.24) is 4.90 Å². The van der Waals surface area contributed by atoms with Crippen LogP contribution in [0.25, 0.3) is 0 Å². The molecule has 0 saturated carbocycles. The van der Waals surface area contributed by atoms with Gasteiger partial charge in [0, 0.05) is 19.5 Å². The number of nitrogens with zero attached hydrogens (tertiary/aromatic N) is 1. The Morgan fingerprint density at radius 1 is 1.33 bits per heavy atom. The van der Waals surface area contributed by atoms with Gasteiger partial charge in [-0.25, -0.2) is 8.78 Å². The van der Waals surface area contributed by atoms with Crippen molar-refractivity contribution in [2.45, 2.75) is 25.7 Å². The van der Waals surface area contributed by atoms with E-state index in [0.29, 0.717) is 19.5 Å². The Morgan fingerprint density at radius 3 is 2.81 bits per heavy atom. The van der Waals surface area contributed by atoms with Gasteiger partial charge in [-0.3, -0.25) is 9.59 Å². The number of rotatable bonds is 4. The van der Waals surface area contributed by atoms with Crippen LogP contribution in [0.5, 0.6) is 0 Å². The fourth-order valence-corrected chi connectivity index (χ4v) is 2.64. The summed E-state index contributed by atoms with van der Waals surface area (Å²) in [5.74, 6) is -2.70. The summed E-state index contributed by atoms with van der Waals surface area (Å²) in [6.07, 6.45) is 2.14. The standard InChI is InChI=1S/C15H17F2NO3/c16-11-4-5-13(17)12(8-11)15(21)18-7-1-2-10(9-18)3-6-14(19)20/h4-5,8,10H,1-3,6-7,9H2,(H,19,20)/t10-/m1/s1. The average Bonchev–Trinajstić information content (AvgIpc) is 2.47. The van der Waals surface area contributed by atoms with Gasteiger partial charge in [-0.15, -0.1) is 0 Å². The first-order chi connectivity index (χ1) is 9.97. The summed E-state index contributed by atoms with van der Waals surface area (Å²) in [5, 5.41) is 8.69. The summed E-state index contributed by atoms with van der Waals surface area (Å²) in [7, 11) is 0. The second-order valence-electron chi connectivity index (χ2n) is 5.32. The highest BCUT2D eigenvalue weighted by Crippen LogP contribution is 2.23. The Balaban J connectivity index is 2.05. The molecular formula is C15H17F2NO3. The lowest BCUT2D eigenvalue weighted by atomic mass is 9.93. The molecule has 1 atom stereocenters. The van der Waals surface area contributed by atoms with Crippen molar-refractivity contribution in [3.63, 3.8) is 0 Å². The Morgan fingerprint density at radius 2 is 2.10 bits per heavy atom. The monoisotopic (exact) mass is 297 g/mol. The maximum absolute atomic E-state index is 13.6. The van der Waals surface area contributed by atoms with Crippen molar-refractivity contribution < 1.29 is 23.5 Å². The molecule has 0 aliphatic carbocycles. The van der Waals surface area contributed by atoms with Crippen LogP contribution >= 0.6 is 0 Å². The van der Waals surface area contributed by atoms with E-state index in [4.69, 9.17) is 5.11 Å². The molecule has 1 aliphatic heterocycles. The maximum atomic E-state index is 13.6. The number of carboxylic acids is 1. The van der Waals surface area contributed by atoms with Crippen LogP contribution in [0.2, 0.25) is 0 Å². The normalized spacial score (nSPS) is 18.6. The van der Waals surface area contributed by atoms with Gasteiger partial charge in [0.2, 0.25) is 0 Å². The fraction of sp³-hybridized carbons (Fsp3) is 0.467. The van der Waals surface area contributed by atoms with Gasteiger partial charge in [0.1, 0.15) is 11.6 Å². The lowest BCUT2D eigenvalue weighted by Gasteiger charge is -2.32. The SMILES string of the molecule is O=C(O)CC[C@H]1CCCN(C(=O)c2cc(F)ccc2F)C1. The van der Waals surface area contributed by atoms with Crippen LogP contribution in [0, 0.1) is 17.6 Å². The van der Waals surface area contributed by atoms with Crippen LogP contribution in [0.4, 0.5) is 8.78 Å². The van der Waals surface area contributed by atoms with Crippen LogP contribution in [-0.4, -0.2) is 35.0 Å². The molecule has 1 amide bonds. The second kappa shape index (κ2) is 6.65. The minimum absolute atomic E-state index is 0.0566. The number of carboxylic acid groups (broad SMARTS) is 1. The van der Waals surface area contributed by atoms with E-state index in [9.17, 15) is 18.4 Å². The largest absolute Gasteiger partial charge is 0.481 e. The number of carbonyl (C=O) groups is 2. The Hall–Kier alpha value is -1.98. The van der Waals surface area contributed by atoms with Crippen LogP contribution in [0.1, 0.15) is 36.0 Å². The predicted molar refractivity (Wildman–Crippen MR) is 71.9 cm³/mol. The van der Waals surface area contributed by atoms with Gasteiger partial charge < -0.3 is 10.0 Å². The number of hydrogen-bond donors (Lipinski definition) is 1. The van der Waals surface area contributed by atoms with Crippen LogP contribution in [-0.2, 0) is 4.79 Å². The third kappa shape index (κ3) is 4.00. The van der Waals surface area contributed by atoms with E-state index < -0.39 is 23.5 Å². The number of piperidine rings is 1. The van der Waals surface area contributed by atoms with Crippen molar-refractivity contribution in [2.24, 2.45) is 5.92 Å². The number of halogens is 2. The first-order valence-electron chi connectivity index (χ1n) is 6.93. The van der Waals surface area contributed by atoms with Gasteiger partial charge in [0.05, 0.1) is 5.56 Å². The van der Waals surface area contributed by atoms with E-state index in [1.807, 2.05) is 0 Å². The number of hydrogen-bond acceptors (Lipinski definition) is 2. The highest BCUT2D eigenvalue weighted by molar-refractivity contribution is 5.94. The van der Waals surface area contributed by atoms with Crippen molar-refractivity contribution in [1.29, 1.82) is 0 Å². The van der Waals surface area contributed by atoms with Gasteiger partial charge in [-0.05, 0) is 43.4 Å². The summed E-state index contributed by atoms with van der Waals surface area (Å²) < 4.78 is 26.8. The summed E-state index contributed by atoms with van der Waals surface area (Å²) in [6, 6.07) is 2.81. The molecule has 114 valence electrons. The van der Waals surface area contributed by atoms with Gasteiger partial charge in [0.15, 0.2) is 0 Å². The number of aliphatic carboxylic acids is 1. The van der Waals surface area contributed by atoms with E-state index in [1.54, 1.807) is 0 Å². The van der Waals surface area contributed by atoms with E-state index in [-0.39, 0.29) is 17.9 Å². The third-order valence-electron chi connectivity index (χ3n) is 3.73. The number of benzene rings is 1. The number of likely N-dealkylation sites (tertiary alicyclic amines) is 1. The average molecular weight is 297 g/mol. The topological polar surface area (TPSA) is 57.6 Å². The molecule has 0 bridgehead atoms. The zero-order chi connectivity index (χ0) is 15.4.